The first kappa shape index (κ1) is 19.6. The predicted octanol–water partition coefficient (Wildman–Crippen LogP) is 3.90. The van der Waals surface area contributed by atoms with Crippen molar-refractivity contribution in [3.63, 3.8) is 0 Å². The zero-order valence-electron chi connectivity index (χ0n) is 16.6. The molecule has 0 spiro atoms. The van der Waals surface area contributed by atoms with Crippen LogP contribution >= 0.6 is 0 Å². The first-order valence-corrected chi connectivity index (χ1v) is 9.48. The van der Waals surface area contributed by atoms with Gasteiger partial charge in [0.05, 0.1) is 18.4 Å². The second-order valence-corrected chi connectivity index (χ2v) is 6.90. The summed E-state index contributed by atoms with van der Waals surface area (Å²) in [7, 11) is 1.64. The highest BCUT2D eigenvalue weighted by Gasteiger charge is 2.09. The third-order valence-corrected chi connectivity index (χ3v) is 4.54. The van der Waals surface area contributed by atoms with Crippen molar-refractivity contribution in [2.24, 2.45) is 0 Å². The lowest BCUT2D eigenvalue weighted by Gasteiger charge is -2.11. The number of carbonyl (C=O) groups excluding carboxylic acids is 1. The van der Waals surface area contributed by atoms with Crippen molar-refractivity contribution < 1.29 is 9.53 Å². The molecular weight excluding hydrogens is 352 g/mol. The Bertz CT molecular complexity index is 899. The van der Waals surface area contributed by atoms with Crippen LogP contribution in [0.4, 0.5) is 0 Å². The average Bonchev–Trinajstić information content (AvgIpc) is 3.20. The van der Waals surface area contributed by atoms with Gasteiger partial charge in [0.2, 0.25) is 0 Å². The topological polar surface area (TPSA) is 69.0 Å². The molecule has 3 rings (SSSR count). The molecule has 28 heavy (non-hydrogen) atoms. The summed E-state index contributed by atoms with van der Waals surface area (Å²) < 4.78 is 7.31. The Labute approximate surface area is 165 Å². The van der Waals surface area contributed by atoms with Crippen molar-refractivity contribution in [2.45, 2.75) is 32.7 Å². The van der Waals surface area contributed by atoms with E-state index < -0.39 is 0 Å². The van der Waals surface area contributed by atoms with Gasteiger partial charge in [-0.2, -0.15) is 0 Å². The van der Waals surface area contributed by atoms with Gasteiger partial charge in [-0.15, -0.1) is 0 Å². The lowest BCUT2D eigenvalue weighted by atomic mass is 10.1. The molecule has 0 saturated heterocycles. The van der Waals surface area contributed by atoms with Gasteiger partial charge >= 0.3 is 0 Å². The summed E-state index contributed by atoms with van der Waals surface area (Å²) in [5.41, 5.74) is 2.36. The molecule has 6 nitrogen and oxygen atoms in total. The van der Waals surface area contributed by atoms with E-state index in [9.17, 15) is 4.79 Å². The molecule has 1 amide bonds. The lowest BCUT2D eigenvalue weighted by Crippen LogP contribution is -2.25. The van der Waals surface area contributed by atoms with Crippen LogP contribution < -0.4 is 10.1 Å². The smallest absolute Gasteiger partial charge is 0.252 e. The molecule has 0 fully saturated rings. The number of hydrogen-bond acceptors (Lipinski definition) is 4. The molecule has 0 aliphatic carbocycles. The SMILES string of the molecule is COc1ccc(-c2ccc(C(=O)NCCCn3ccnc3C(C)C)cn2)cc1. The Morgan fingerprint density at radius 3 is 2.57 bits per heavy atom. The van der Waals surface area contributed by atoms with Crippen molar-refractivity contribution in [2.75, 3.05) is 13.7 Å². The van der Waals surface area contributed by atoms with Crippen molar-refractivity contribution in [3.8, 4) is 17.0 Å². The summed E-state index contributed by atoms with van der Waals surface area (Å²) in [5.74, 6) is 2.16. The number of nitrogens with zero attached hydrogens (tertiary/aromatic N) is 3. The molecule has 2 heterocycles. The first-order valence-electron chi connectivity index (χ1n) is 9.48. The summed E-state index contributed by atoms with van der Waals surface area (Å²) in [6.07, 6.45) is 6.27. The molecule has 0 aliphatic rings. The lowest BCUT2D eigenvalue weighted by molar-refractivity contribution is 0.0952. The van der Waals surface area contributed by atoms with Gasteiger partial charge in [-0.3, -0.25) is 9.78 Å². The number of aromatic nitrogens is 3. The van der Waals surface area contributed by atoms with E-state index in [1.165, 1.54) is 0 Å². The van der Waals surface area contributed by atoms with Crippen LogP contribution in [0.3, 0.4) is 0 Å². The normalized spacial score (nSPS) is 10.9. The van der Waals surface area contributed by atoms with Gasteiger partial charge in [0.25, 0.3) is 5.91 Å². The number of aryl methyl sites for hydroxylation is 1. The molecule has 1 aromatic carbocycles. The highest BCUT2D eigenvalue weighted by molar-refractivity contribution is 5.94. The zero-order chi connectivity index (χ0) is 19.9. The largest absolute Gasteiger partial charge is 0.497 e. The van der Waals surface area contributed by atoms with E-state index in [0.29, 0.717) is 18.0 Å². The minimum atomic E-state index is -0.108. The van der Waals surface area contributed by atoms with Gasteiger partial charge in [0.15, 0.2) is 0 Å². The number of benzene rings is 1. The van der Waals surface area contributed by atoms with E-state index in [2.05, 4.69) is 33.7 Å². The minimum Gasteiger partial charge on any atom is -0.497 e. The molecule has 1 N–H and O–H groups in total. The fourth-order valence-electron chi connectivity index (χ4n) is 3.02. The number of rotatable bonds is 8. The number of nitrogens with one attached hydrogen (secondary N) is 1. The van der Waals surface area contributed by atoms with E-state index >= 15 is 0 Å². The molecule has 146 valence electrons. The van der Waals surface area contributed by atoms with Crippen molar-refractivity contribution in [1.29, 1.82) is 0 Å². The van der Waals surface area contributed by atoms with Crippen LogP contribution in [0.25, 0.3) is 11.3 Å². The number of methoxy groups -OCH3 is 1. The predicted molar refractivity (Wildman–Crippen MR) is 109 cm³/mol. The fraction of sp³-hybridized carbons (Fsp3) is 0.318. The molecule has 0 atom stereocenters. The maximum Gasteiger partial charge on any atom is 0.252 e. The van der Waals surface area contributed by atoms with E-state index in [0.717, 1.165) is 35.8 Å². The van der Waals surface area contributed by atoms with Crippen molar-refractivity contribution in [1.82, 2.24) is 19.9 Å². The van der Waals surface area contributed by atoms with Gasteiger partial charge in [0, 0.05) is 43.2 Å². The monoisotopic (exact) mass is 378 g/mol. The van der Waals surface area contributed by atoms with Crippen LogP contribution in [-0.4, -0.2) is 34.1 Å². The maximum atomic E-state index is 12.3. The molecule has 0 aliphatic heterocycles. The number of amides is 1. The van der Waals surface area contributed by atoms with E-state index in [-0.39, 0.29) is 5.91 Å². The minimum absolute atomic E-state index is 0.108. The van der Waals surface area contributed by atoms with Crippen LogP contribution in [-0.2, 0) is 6.54 Å². The number of ether oxygens (including phenoxy) is 1. The summed E-state index contributed by atoms with van der Waals surface area (Å²) in [5, 5.41) is 2.96. The molecule has 6 heteroatoms. The zero-order valence-corrected chi connectivity index (χ0v) is 16.6. The summed E-state index contributed by atoms with van der Waals surface area (Å²) in [4.78, 5) is 21.1. The Morgan fingerprint density at radius 1 is 1.14 bits per heavy atom. The highest BCUT2D eigenvalue weighted by atomic mass is 16.5. The Morgan fingerprint density at radius 2 is 1.93 bits per heavy atom. The average molecular weight is 378 g/mol. The van der Waals surface area contributed by atoms with Crippen molar-refractivity contribution in [3.05, 3.63) is 66.4 Å². The molecule has 2 aromatic heterocycles. The maximum absolute atomic E-state index is 12.3. The number of imidazole rings is 1. The first-order chi connectivity index (χ1) is 13.6. The quantitative estimate of drug-likeness (QED) is 0.604. The summed E-state index contributed by atoms with van der Waals surface area (Å²) in [6, 6.07) is 11.3. The van der Waals surface area contributed by atoms with Crippen LogP contribution in [0.2, 0.25) is 0 Å². The summed E-state index contributed by atoms with van der Waals surface area (Å²) in [6.45, 7) is 5.70. The standard InChI is InChI=1S/C22H26N4O2/c1-16(2)21-23-12-14-26(21)13-4-11-24-22(27)18-7-10-20(25-15-18)17-5-8-19(28-3)9-6-17/h5-10,12,14-16H,4,11,13H2,1-3H3,(H,24,27). The number of hydrogen-bond donors (Lipinski definition) is 1. The Balaban J connectivity index is 1.51. The third kappa shape index (κ3) is 4.76. The molecule has 0 radical (unpaired) electrons. The van der Waals surface area contributed by atoms with E-state index in [1.54, 1.807) is 19.4 Å². The van der Waals surface area contributed by atoms with Gasteiger partial charge < -0.3 is 14.6 Å². The molecule has 0 unspecified atom stereocenters. The molecule has 3 aromatic rings. The fourth-order valence-corrected chi connectivity index (χ4v) is 3.02. The van der Waals surface area contributed by atoms with Crippen LogP contribution in [0.15, 0.2) is 55.0 Å². The highest BCUT2D eigenvalue weighted by Crippen LogP contribution is 2.20. The Kier molecular flexibility index (Phi) is 6.42. The molecule has 0 saturated carbocycles. The van der Waals surface area contributed by atoms with E-state index in [4.69, 9.17) is 4.74 Å². The second kappa shape index (κ2) is 9.17. The van der Waals surface area contributed by atoms with Crippen LogP contribution in [0.5, 0.6) is 5.75 Å². The van der Waals surface area contributed by atoms with E-state index in [1.807, 2.05) is 42.7 Å². The second-order valence-electron chi connectivity index (χ2n) is 6.90. The summed E-state index contributed by atoms with van der Waals surface area (Å²) >= 11 is 0. The molecular formula is C22H26N4O2. The molecule has 0 bridgehead atoms. The third-order valence-electron chi connectivity index (χ3n) is 4.54. The number of carbonyl (C=O) groups is 1. The number of pyridine rings is 1. The Hall–Kier alpha value is -3.15. The van der Waals surface area contributed by atoms with Crippen LogP contribution in [0, 0.1) is 0 Å². The van der Waals surface area contributed by atoms with Gasteiger partial charge in [-0.1, -0.05) is 13.8 Å². The van der Waals surface area contributed by atoms with Gasteiger partial charge in [0.1, 0.15) is 11.6 Å². The van der Waals surface area contributed by atoms with Gasteiger partial charge in [-0.25, -0.2) is 4.98 Å². The van der Waals surface area contributed by atoms with Crippen molar-refractivity contribution >= 4 is 5.91 Å². The van der Waals surface area contributed by atoms with Gasteiger partial charge in [-0.05, 0) is 42.8 Å². The van der Waals surface area contributed by atoms with Crippen LogP contribution in [0.1, 0.15) is 42.4 Å².